The van der Waals surface area contributed by atoms with Crippen LogP contribution < -0.4 is 0 Å². The number of fused-ring (bicyclic) bond motifs is 5. The maximum absolute atomic E-state index is 10.9. The highest BCUT2D eigenvalue weighted by Crippen LogP contribution is 2.62. The molecule has 3 fully saturated rings. The summed E-state index contributed by atoms with van der Waals surface area (Å²) < 4.78 is 0. The van der Waals surface area contributed by atoms with Gasteiger partial charge in [-0.25, -0.2) is 0 Å². The molecule has 0 saturated heterocycles. The molecule has 3 heteroatoms. The Morgan fingerprint density at radius 2 is 2.07 bits per heavy atom. The summed E-state index contributed by atoms with van der Waals surface area (Å²) in [7, 11) is 0. The van der Waals surface area contributed by atoms with Crippen LogP contribution in [0.15, 0.2) is 0 Å². The third-order valence-corrected chi connectivity index (χ3v) is 4.85. The molecule has 0 aromatic carbocycles. The summed E-state index contributed by atoms with van der Waals surface area (Å²) in [6.45, 7) is 0. The van der Waals surface area contributed by atoms with E-state index in [1.54, 1.807) is 0 Å². The van der Waals surface area contributed by atoms with Crippen molar-refractivity contribution >= 4 is 5.97 Å². The average Bonchev–Trinajstić information content (AvgIpc) is 2.71. The Labute approximate surface area is 83.1 Å². The second kappa shape index (κ2) is 2.51. The number of rotatable bonds is 1. The second-order valence-electron chi connectivity index (χ2n) is 5.34. The zero-order valence-electron chi connectivity index (χ0n) is 8.15. The van der Waals surface area contributed by atoms with Crippen molar-refractivity contribution in [1.29, 1.82) is 0 Å². The Morgan fingerprint density at radius 3 is 2.71 bits per heavy atom. The fraction of sp³-hybridized carbons (Fsp3) is 0.909. The van der Waals surface area contributed by atoms with Gasteiger partial charge >= 0.3 is 5.97 Å². The summed E-state index contributed by atoms with van der Waals surface area (Å²) >= 11 is 0. The van der Waals surface area contributed by atoms with E-state index in [0.29, 0.717) is 30.6 Å². The fourth-order valence-corrected chi connectivity index (χ4v) is 4.23. The van der Waals surface area contributed by atoms with Crippen LogP contribution in [0, 0.1) is 23.7 Å². The van der Waals surface area contributed by atoms with Gasteiger partial charge in [-0.3, -0.25) is 4.79 Å². The van der Waals surface area contributed by atoms with Crippen LogP contribution >= 0.6 is 0 Å². The van der Waals surface area contributed by atoms with Crippen LogP contribution in [0.3, 0.4) is 0 Å². The molecule has 3 aliphatic carbocycles. The maximum atomic E-state index is 10.9. The molecule has 3 nitrogen and oxygen atoms in total. The Morgan fingerprint density at radius 1 is 1.29 bits per heavy atom. The van der Waals surface area contributed by atoms with E-state index >= 15 is 0 Å². The summed E-state index contributed by atoms with van der Waals surface area (Å²) in [6.07, 6.45) is 4.70. The minimum atomic E-state index is -0.716. The maximum Gasteiger partial charge on any atom is 0.306 e. The van der Waals surface area contributed by atoms with Gasteiger partial charge < -0.3 is 10.2 Å². The molecule has 0 aromatic rings. The van der Waals surface area contributed by atoms with Crippen molar-refractivity contribution in [1.82, 2.24) is 0 Å². The standard InChI is InChI=1S/C11H16O3/c12-10(13)7-4-9-6-1-2-8(3-6)11(9,14)5-7/h6-9,14H,1-5H2,(H,12,13). The number of aliphatic hydroxyl groups is 1. The smallest absolute Gasteiger partial charge is 0.306 e. The quantitative estimate of drug-likeness (QED) is 0.663. The van der Waals surface area contributed by atoms with Crippen LogP contribution in [-0.2, 0) is 4.79 Å². The van der Waals surface area contributed by atoms with Crippen LogP contribution in [0.1, 0.15) is 32.1 Å². The minimum absolute atomic E-state index is 0.284. The van der Waals surface area contributed by atoms with Crippen LogP contribution in [0.4, 0.5) is 0 Å². The molecule has 3 rings (SSSR count). The average molecular weight is 196 g/mol. The number of carboxylic acid groups (broad SMARTS) is 1. The van der Waals surface area contributed by atoms with Gasteiger partial charge in [-0.05, 0) is 49.9 Å². The SMILES string of the molecule is O=C(O)C1CC2C3CCC(C3)C2(O)C1. The molecule has 5 atom stereocenters. The minimum Gasteiger partial charge on any atom is -0.481 e. The zero-order chi connectivity index (χ0) is 9.92. The molecule has 2 N–H and O–H groups in total. The van der Waals surface area contributed by atoms with Gasteiger partial charge in [-0.1, -0.05) is 0 Å². The fourth-order valence-electron chi connectivity index (χ4n) is 4.23. The molecule has 3 aliphatic rings. The van der Waals surface area contributed by atoms with Crippen molar-refractivity contribution in [3.8, 4) is 0 Å². The Bertz CT molecular complexity index is 288. The third-order valence-electron chi connectivity index (χ3n) is 4.85. The topological polar surface area (TPSA) is 57.5 Å². The van der Waals surface area contributed by atoms with E-state index in [0.717, 1.165) is 12.8 Å². The van der Waals surface area contributed by atoms with Crippen LogP contribution in [-0.4, -0.2) is 21.8 Å². The highest BCUT2D eigenvalue weighted by molar-refractivity contribution is 5.70. The third kappa shape index (κ3) is 0.888. The van der Waals surface area contributed by atoms with Crippen LogP contribution in [0.5, 0.6) is 0 Å². The summed E-state index contributed by atoms with van der Waals surface area (Å²) in [6, 6.07) is 0. The van der Waals surface area contributed by atoms with E-state index in [4.69, 9.17) is 5.11 Å². The van der Waals surface area contributed by atoms with E-state index in [-0.39, 0.29) is 5.92 Å². The Hall–Kier alpha value is -0.570. The Balaban J connectivity index is 1.88. The first-order valence-corrected chi connectivity index (χ1v) is 5.56. The monoisotopic (exact) mass is 196 g/mol. The summed E-state index contributed by atoms with van der Waals surface area (Å²) in [5.74, 6) is 0.319. The first-order valence-electron chi connectivity index (χ1n) is 5.56. The molecule has 3 saturated carbocycles. The predicted octanol–water partition coefficient (Wildman–Crippen LogP) is 1.26. The number of hydrogen-bond donors (Lipinski definition) is 2. The van der Waals surface area contributed by atoms with Crippen LogP contribution in [0.2, 0.25) is 0 Å². The molecule has 14 heavy (non-hydrogen) atoms. The zero-order valence-corrected chi connectivity index (χ0v) is 8.15. The van der Waals surface area contributed by atoms with E-state index in [1.807, 2.05) is 0 Å². The van der Waals surface area contributed by atoms with Gasteiger partial charge in [0.1, 0.15) is 0 Å². The molecular weight excluding hydrogens is 180 g/mol. The van der Waals surface area contributed by atoms with E-state index in [2.05, 4.69) is 0 Å². The molecule has 0 heterocycles. The molecule has 2 bridgehead atoms. The molecule has 0 spiro atoms. The normalized spacial score (nSPS) is 54.9. The van der Waals surface area contributed by atoms with Gasteiger partial charge in [0.05, 0.1) is 11.5 Å². The van der Waals surface area contributed by atoms with Crippen molar-refractivity contribution in [3.05, 3.63) is 0 Å². The number of carbonyl (C=O) groups is 1. The van der Waals surface area contributed by atoms with E-state index in [9.17, 15) is 9.90 Å². The molecular formula is C11H16O3. The number of aliphatic carboxylic acids is 1. The molecule has 78 valence electrons. The lowest BCUT2D eigenvalue weighted by atomic mass is 9.78. The number of carboxylic acids is 1. The molecule has 0 amide bonds. The van der Waals surface area contributed by atoms with Gasteiger partial charge in [-0.15, -0.1) is 0 Å². The molecule has 0 radical (unpaired) electrons. The highest BCUT2D eigenvalue weighted by atomic mass is 16.4. The lowest BCUT2D eigenvalue weighted by molar-refractivity contribution is -0.142. The summed E-state index contributed by atoms with van der Waals surface area (Å²) in [4.78, 5) is 10.9. The van der Waals surface area contributed by atoms with Gasteiger partial charge in [0.25, 0.3) is 0 Å². The first kappa shape index (κ1) is 8.72. The number of hydrogen-bond acceptors (Lipinski definition) is 2. The van der Waals surface area contributed by atoms with Gasteiger partial charge in [0, 0.05) is 0 Å². The van der Waals surface area contributed by atoms with Gasteiger partial charge in [0.2, 0.25) is 0 Å². The molecule has 0 aliphatic heterocycles. The summed E-state index contributed by atoms with van der Waals surface area (Å²) in [5, 5.41) is 19.4. The largest absolute Gasteiger partial charge is 0.481 e. The van der Waals surface area contributed by atoms with Crippen molar-refractivity contribution in [2.24, 2.45) is 23.7 Å². The van der Waals surface area contributed by atoms with Gasteiger partial charge in [-0.2, -0.15) is 0 Å². The second-order valence-corrected chi connectivity index (χ2v) is 5.34. The lowest BCUT2D eigenvalue weighted by Gasteiger charge is -2.34. The van der Waals surface area contributed by atoms with Crippen molar-refractivity contribution < 1.29 is 15.0 Å². The molecule has 0 aromatic heterocycles. The van der Waals surface area contributed by atoms with Crippen LogP contribution in [0.25, 0.3) is 0 Å². The van der Waals surface area contributed by atoms with E-state index in [1.165, 1.54) is 6.42 Å². The van der Waals surface area contributed by atoms with Crippen molar-refractivity contribution in [2.75, 3.05) is 0 Å². The highest BCUT2D eigenvalue weighted by Gasteiger charge is 2.62. The van der Waals surface area contributed by atoms with Crippen molar-refractivity contribution in [3.63, 3.8) is 0 Å². The predicted molar refractivity (Wildman–Crippen MR) is 49.6 cm³/mol. The van der Waals surface area contributed by atoms with Crippen molar-refractivity contribution in [2.45, 2.75) is 37.7 Å². The first-order chi connectivity index (χ1) is 6.61. The Kier molecular flexibility index (Phi) is 1.56. The summed E-state index contributed by atoms with van der Waals surface area (Å²) in [5.41, 5.74) is -0.605. The van der Waals surface area contributed by atoms with Gasteiger partial charge in [0.15, 0.2) is 0 Å². The molecule has 5 unspecified atom stereocenters. The van der Waals surface area contributed by atoms with E-state index < -0.39 is 11.6 Å². The lowest BCUT2D eigenvalue weighted by Crippen LogP contribution is -2.39.